The largest absolute Gasteiger partial charge is 0.447 e. The molecule has 0 saturated heterocycles. The second-order valence-electron chi connectivity index (χ2n) is 10.2. The van der Waals surface area contributed by atoms with Crippen molar-refractivity contribution in [3.8, 4) is 0 Å². The molecule has 2 saturated carbocycles. The van der Waals surface area contributed by atoms with Crippen molar-refractivity contribution < 1.29 is 31.5 Å². The number of alkyl halides is 2. The van der Waals surface area contributed by atoms with Crippen LogP contribution in [-0.4, -0.2) is 56.3 Å². The molecule has 2 amide bonds. The molecule has 3 N–H and O–H groups in total. The van der Waals surface area contributed by atoms with Gasteiger partial charge in [0.2, 0.25) is 5.92 Å². The molecule has 39 heavy (non-hydrogen) atoms. The number of nitrogens with one attached hydrogen (secondary N) is 1. The SMILES string of the molecule is CCS(=O)(=O)c1ccc([C@H](COC(N)=O)NC(=O)c2ccc(N(CC3CCC(F)(F)CC3)C3CC3)nc2)cc1. The summed E-state index contributed by atoms with van der Waals surface area (Å²) in [5.74, 6) is -2.20. The minimum absolute atomic E-state index is 0.0466. The Hall–Kier alpha value is -3.28. The van der Waals surface area contributed by atoms with Crippen LogP contribution in [0.2, 0.25) is 0 Å². The van der Waals surface area contributed by atoms with Gasteiger partial charge in [-0.2, -0.15) is 0 Å². The predicted octanol–water partition coefficient (Wildman–Crippen LogP) is 4.24. The molecule has 0 spiro atoms. The van der Waals surface area contributed by atoms with Gasteiger partial charge in [-0.1, -0.05) is 19.1 Å². The number of primary amides is 1. The van der Waals surface area contributed by atoms with E-state index >= 15 is 0 Å². The summed E-state index contributed by atoms with van der Waals surface area (Å²) in [4.78, 5) is 31.1. The topological polar surface area (TPSA) is 132 Å². The van der Waals surface area contributed by atoms with Crippen molar-refractivity contribution in [3.63, 3.8) is 0 Å². The van der Waals surface area contributed by atoms with E-state index in [-0.39, 0.29) is 41.6 Å². The number of carbonyl (C=O) groups excluding carboxylic acids is 2. The minimum atomic E-state index is -3.40. The maximum Gasteiger partial charge on any atom is 0.404 e. The number of pyridine rings is 1. The number of aromatic nitrogens is 1. The second-order valence-corrected chi connectivity index (χ2v) is 12.5. The van der Waals surface area contributed by atoms with E-state index in [9.17, 15) is 26.8 Å². The summed E-state index contributed by atoms with van der Waals surface area (Å²) >= 11 is 0. The van der Waals surface area contributed by atoms with E-state index in [1.54, 1.807) is 31.2 Å². The van der Waals surface area contributed by atoms with Crippen LogP contribution in [0.5, 0.6) is 0 Å². The Morgan fingerprint density at radius 2 is 1.79 bits per heavy atom. The van der Waals surface area contributed by atoms with E-state index in [0.29, 0.717) is 36.8 Å². The number of hydrogen-bond donors (Lipinski definition) is 2. The molecule has 1 aromatic carbocycles. The van der Waals surface area contributed by atoms with Gasteiger partial charge in [-0.15, -0.1) is 0 Å². The van der Waals surface area contributed by atoms with Crippen molar-refractivity contribution in [2.24, 2.45) is 11.7 Å². The average Bonchev–Trinajstić information content (AvgIpc) is 3.76. The van der Waals surface area contributed by atoms with E-state index in [2.05, 4.69) is 15.2 Å². The van der Waals surface area contributed by atoms with Crippen LogP contribution in [0.4, 0.5) is 19.4 Å². The fourth-order valence-corrected chi connectivity index (χ4v) is 5.65. The van der Waals surface area contributed by atoms with Crippen molar-refractivity contribution in [3.05, 3.63) is 53.7 Å². The third-order valence-electron chi connectivity index (χ3n) is 7.30. The van der Waals surface area contributed by atoms with Gasteiger partial charge in [-0.3, -0.25) is 4.79 Å². The summed E-state index contributed by atoms with van der Waals surface area (Å²) in [5, 5.41) is 2.79. The zero-order valence-corrected chi connectivity index (χ0v) is 22.6. The van der Waals surface area contributed by atoms with E-state index in [1.807, 2.05) is 0 Å². The minimum Gasteiger partial charge on any atom is -0.447 e. The number of anilines is 1. The highest BCUT2D eigenvalue weighted by atomic mass is 32.2. The quantitative estimate of drug-likeness (QED) is 0.417. The molecule has 0 bridgehead atoms. The molecule has 1 heterocycles. The lowest BCUT2D eigenvalue weighted by Gasteiger charge is -2.33. The number of halogens is 2. The first-order valence-electron chi connectivity index (χ1n) is 13.1. The Bertz CT molecular complexity index is 1260. The fraction of sp³-hybridized carbons (Fsp3) is 0.519. The van der Waals surface area contributed by atoms with Crippen molar-refractivity contribution in [1.29, 1.82) is 0 Å². The van der Waals surface area contributed by atoms with Gasteiger partial charge in [0.25, 0.3) is 5.91 Å². The summed E-state index contributed by atoms with van der Waals surface area (Å²) in [5.41, 5.74) is 5.92. The van der Waals surface area contributed by atoms with Crippen LogP contribution in [-0.2, 0) is 14.6 Å². The van der Waals surface area contributed by atoms with E-state index < -0.39 is 33.8 Å². The normalized spacial score (nSPS) is 18.2. The number of ether oxygens (including phenoxy) is 1. The summed E-state index contributed by atoms with van der Waals surface area (Å²) in [6, 6.07) is 8.92. The van der Waals surface area contributed by atoms with Crippen molar-refractivity contribution in [1.82, 2.24) is 10.3 Å². The van der Waals surface area contributed by atoms with Crippen LogP contribution < -0.4 is 16.0 Å². The molecule has 4 rings (SSSR count). The number of carbonyl (C=O) groups is 2. The van der Waals surface area contributed by atoms with E-state index in [1.165, 1.54) is 18.3 Å². The maximum absolute atomic E-state index is 13.6. The number of sulfone groups is 1. The number of nitrogens with two attached hydrogens (primary N) is 1. The maximum atomic E-state index is 13.6. The van der Waals surface area contributed by atoms with Crippen LogP contribution in [0.25, 0.3) is 0 Å². The number of nitrogens with zero attached hydrogens (tertiary/aromatic N) is 2. The Kier molecular flexibility index (Phi) is 8.73. The summed E-state index contributed by atoms with van der Waals surface area (Å²) in [7, 11) is -3.40. The van der Waals surface area contributed by atoms with Gasteiger partial charge in [-0.05, 0) is 61.4 Å². The number of rotatable bonds is 11. The zero-order chi connectivity index (χ0) is 28.2. The molecule has 0 unspecified atom stereocenters. The molecule has 9 nitrogen and oxygen atoms in total. The lowest BCUT2D eigenvalue weighted by molar-refractivity contribution is -0.0449. The zero-order valence-electron chi connectivity index (χ0n) is 21.8. The van der Waals surface area contributed by atoms with Gasteiger partial charge >= 0.3 is 6.09 Å². The molecular weight excluding hydrogens is 530 g/mol. The van der Waals surface area contributed by atoms with Gasteiger partial charge in [0.05, 0.1) is 22.3 Å². The molecule has 1 aromatic heterocycles. The van der Waals surface area contributed by atoms with Gasteiger partial charge in [0.1, 0.15) is 12.4 Å². The van der Waals surface area contributed by atoms with Gasteiger partial charge in [0.15, 0.2) is 9.84 Å². The van der Waals surface area contributed by atoms with Crippen molar-refractivity contribution in [2.75, 3.05) is 23.8 Å². The first-order valence-corrected chi connectivity index (χ1v) is 14.8. The lowest BCUT2D eigenvalue weighted by atomic mass is 9.86. The Balaban J connectivity index is 1.44. The molecule has 212 valence electrons. The van der Waals surface area contributed by atoms with E-state index in [0.717, 1.165) is 12.8 Å². The lowest BCUT2D eigenvalue weighted by Crippen LogP contribution is -2.36. The van der Waals surface area contributed by atoms with Gasteiger partial charge in [-0.25, -0.2) is 27.0 Å². The Labute approximate surface area is 227 Å². The number of benzene rings is 1. The predicted molar refractivity (Wildman–Crippen MR) is 141 cm³/mol. The smallest absolute Gasteiger partial charge is 0.404 e. The molecule has 2 aliphatic carbocycles. The van der Waals surface area contributed by atoms with Gasteiger partial charge < -0.3 is 20.7 Å². The summed E-state index contributed by atoms with van der Waals surface area (Å²) < 4.78 is 56.3. The van der Waals surface area contributed by atoms with Crippen LogP contribution in [0, 0.1) is 5.92 Å². The van der Waals surface area contributed by atoms with Crippen LogP contribution in [0.15, 0.2) is 47.5 Å². The third kappa shape index (κ3) is 7.65. The monoisotopic (exact) mass is 564 g/mol. The Morgan fingerprint density at radius 3 is 2.33 bits per heavy atom. The highest BCUT2D eigenvalue weighted by Gasteiger charge is 2.38. The number of hydrogen-bond acceptors (Lipinski definition) is 7. The fourth-order valence-electron chi connectivity index (χ4n) is 4.77. The average molecular weight is 565 g/mol. The summed E-state index contributed by atoms with van der Waals surface area (Å²) in [6.07, 6.45) is 3.29. The second kappa shape index (κ2) is 11.8. The summed E-state index contributed by atoms with van der Waals surface area (Å²) in [6.45, 7) is 1.96. The van der Waals surface area contributed by atoms with Crippen LogP contribution in [0.3, 0.4) is 0 Å². The number of amides is 2. The van der Waals surface area contributed by atoms with Crippen molar-refractivity contribution in [2.45, 2.75) is 68.4 Å². The molecule has 0 aliphatic heterocycles. The standard InChI is InChI=1S/C27H34F2N4O5S/c1-2-39(36,37)22-8-3-19(4-9-22)23(17-38-26(30)35)32-25(34)20-5-10-24(31-15-20)33(21-6-7-21)16-18-11-13-27(28,29)14-12-18/h3-5,8-10,15,18,21,23H,2,6-7,11-14,16-17H2,1H3,(H2,30,35)(H,32,34)/t23-/m0/s1. The van der Waals surface area contributed by atoms with E-state index in [4.69, 9.17) is 10.5 Å². The molecule has 0 radical (unpaired) electrons. The molecule has 12 heteroatoms. The first-order chi connectivity index (χ1) is 18.5. The Morgan fingerprint density at radius 1 is 1.13 bits per heavy atom. The van der Waals surface area contributed by atoms with Crippen molar-refractivity contribution >= 4 is 27.7 Å². The molecule has 2 aliphatic rings. The van der Waals surface area contributed by atoms with Gasteiger partial charge in [0, 0.05) is 31.6 Å². The highest BCUT2D eigenvalue weighted by molar-refractivity contribution is 7.91. The third-order valence-corrected chi connectivity index (χ3v) is 9.05. The molecule has 2 fully saturated rings. The highest BCUT2D eigenvalue weighted by Crippen LogP contribution is 2.39. The molecule has 2 aromatic rings. The van der Waals surface area contributed by atoms with Crippen LogP contribution in [0.1, 0.15) is 67.4 Å². The first kappa shape index (κ1) is 28.7. The molecular formula is C27H34F2N4O5S. The van der Waals surface area contributed by atoms with Crippen LogP contribution >= 0.6 is 0 Å². The molecule has 1 atom stereocenters.